The Morgan fingerprint density at radius 1 is 0.912 bits per heavy atom. The number of para-hydroxylation sites is 1. The van der Waals surface area contributed by atoms with E-state index in [2.05, 4.69) is 55.7 Å². The van der Waals surface area contributed by atoms with Crippen LogP contribution in [-0.4, -0.2) is 19.8 Å². The maximum absolute atomic E-state index is 12.5. The van der Waals surface area contributed by atoms with Crippen LogP contribution in [0.15, 0.2) is 72.8 Å². The Kier molecular flexibility index (Phi) is 8.23. The van der Waals surface area contributed by atoms with Crippen molar-refractivity contribution in [3.63, 3.8) is 0 Å². The molecule has 0 amide bonds. The minimum absolute atomic E-state index is 0.124. The van der Waals surface area contributed by atoms with Crippen molar-refractivity contribution in [2.75, 3.05) is 10.6 Å². The van der Waals surface area contributed by atoms with Gasteiger partial charge in [-0.15, -0.1) is 0 Å². The average Bonchev–Trinajstić information content (AvgIpc) is 2.77. The molecule has 0 unspecified atom stereocenters. The topological polar surface area (TPSA) is 61.4 Å². The molecule has 0 heterocycles. The highest BCUT2D eigenvalue weighted by atomic mass is 35.5. The second-order valence-electron chi connectivity index (χ2n) is 9.13. The van der Waals surface area contributed by atoms with Gasteiger partial charge in [0.25, 0.3) is 0 Å². The van der Waals surface area contributed by atoms with E-state index in [1.165, 1.54) is 9.87 Å². The van der Waals surface area contributed by atoms with Crippen LogP contribution in [0.2, 0.25) is 5.02 Å². The standard InChI is InChI=1S/C26H30ClN3O2S2/c1-26(2,3)21-13-10-19(11-14-21)17-28-25(33)29-18-20-12-15-24(23(27)16-20)30(34(4,31)32)22-8-6-5-7-9-22/h5-16H,17-18H2,1-4H3,(H2,28,29,33). The number of thiocarbonyl (C=S) groups is 1. The molecule has 3 aromatic rings. The van der Waals surface area contributed by atoms with Crippen molar-refractivity contribution in [3.8, 4) is 0 Å². The summed E-state index contributed by atoms with van der Waals surface area (Å²) in [5.74, 6) is 0. The van der Waals surface area contributed by atoms with E-state index in [1.54, 1.807) is 36.4 Å². The SMILES string of the molecule is CC(C)(C)c1ccc(CNC(=S)NCc2ccc(N(c3ccccc3)S(C)(=O)=O)c(Cl)c2)cc1. The van der Waals surface area contributed by atoms with Crippen LogP contribution in [-0.2, 0) is 28.5 Å². The number of halogens is 1. The highest BCUT2D eigenvalue weighted by molar-refractivity contribution is 7.92. The predicted molar refractivity (Wildman–Crippen MR) is 146 cm³/mol. The molecule has 0 bridgehead atoms. The number of sulfonamides is 1. The molecule has 0 atom stereocenters. The molecule has 0 saturated carbocycles. The lowest BCUT2D eigenvalue weighted by molar-refractivity contribution is 0.590. The van der Waals surface area contributed by atoms with Crippen molar-refractivity contribution in [1.82, 2.24) is 10.6 Å². The molecular weight excluding hydrogens is 486 g/mol. The zero-order valence-corrected chi connectivity index (χ0v) is 22.2. The maximum atomic E-state index is 12.5. The molecule has 0 aliphatic heterocycles. The van der Waals surface area contributed by atoms with E-state index >= 15 is 0 Å². The van der Waals surface area contributed by atoms with Crippen molar-refractivity contribution in [3.05, 3.63) is 94.5 Å². The summed E-state index contributed by atoms with van der Waals surface area (Å²) in [5, 5.41) is 7.25. The first-order chi connectivity index (χ1) is 15.9. The fourth-order valence-corrected chi connectivity index (χ4v) is 4.95. The number of nitrogens with zero attached hydrogens (tertiary/aromatic N) is 1. The van der Waals surface area contributed by atoms with Gasteiger partial charge in [-0.1, -0.05) is 80.9 Å². The molecule has 34 heavy (non-hydrogen) atoms. The van der Waals surface area contributed by atoms with Crippen molar-refractivity contribution in [1.29, 1.82) is 0 Å². The minimum Gasteiger partial charge on any atom is -0.359 e. The molecule has 0 spiro atoms. The first-order valence-corrected chi connectivity index (χ1v) is 13.5. The highest BCUT2D eigenvalue weighted by Crippen LogP contribution is 2.34. The Bertz CT molecular complexity index is 1240. The molecule has 8 heteroatoms. The van der Waals surface area contributed by atoms with E-state index in [1.807, 2.05) is 12.1 Å². The van der Waals surface area contributed by atoms with Crippen LogP contribution in [0.5, 0.6) is 0 Å². The van der Waals surface area contributed by atoms with Crippen LogP contribution >= 0.6 is 23.8 Å². The number of hydrogen-bond donors (Lipinski definition) is 2. The Labute approximate surface area is 213 Å². The fourth-order valence-electron chi connectivity index (χ4n) is 3.45. The maximum Gasteiger partial charge on any atom is 0.236 e. The van der Waals surface area contributed by atoms with Crippen LogP contribution < -0.4 is 14.9 Å². The smallest absolute Gasteiger partial charge is 0.236 e. The van der Waals surface area contributed by atoms with Crippen molar-refractivity contribution >= 4 is 50.3 Å². The van der Waals surface area contributed by atoms with Crippen molar-refractivity contribution in [2.45, 2.75) is 39.3 Å². The van der Waals surface area contributed by atoms with Gasteiger partial charge >= 0.3 is 0 Å². The third kappa shape index (κ3) is 6.95. The predicted octanol–water partition coefficient (Wildman–Crippen LogP) is 5.90. The minimum atomic E-state index is -3.57. The van der Waals surface area contributed by atoms with Crippen LogP contribution in [0.1, 0.15) is 37.5 Å². The highest BCUT2D eigenvalue weighted by Gasteiger charge is 2.22. The Balaban J connectivity index is 1.61. The second kappa shape index (κ2) is 10.8. The van der Waals surface area contributed by atoms with Gasteiger partial charge < -0.3 is 10.6 Å². The summed E-state index contributed by atoms with van der Waals surface area (Å²) in [7, 11) is -3.57. The zero-order valence-electron chi connectivity index (χ0n) is 19.8. The van der Waals surface area contributed by atoms with Gasteiger partial charge in [-0.05, 0) is 58.6 Å². The monoisotopic (exact) mass is 515 g/mol. The lowest BCUT2D eigenvalue weighted by Crippen LogP contribution is -2.34. The van der Waals surface area contributed by atoms with E-state index in [9.17, 15) is 8.42 Å². The summed E-state index contributed by atoms with van der Waals surface area (Å²) in [5.41, 5.74) is 4.37. The van der Waals surface area contributed by atoms with Crippen LogP contribution in [0.4, 0.5) is 11.4 Å². The van der Waals surface area contributed by atoms with E-state index in [0.29, 0.717) is 34.6 Å². The van der Waals surface area contributed by atoms with E-state index in [0.717, 1.165) is 17.4 Å². The van der Waals surface area contributed by atoms with Crippen LogP contribution in [0.25, 0.3) is 0 Å². The number of anilines is 2. The summed E-state index contributed by atoms with van der Waals surface area (Å²) in [6.45, 7) is 7.66. The molecule has 0 fully saturated rings. The van der Waals surface area contributed by atoms with Crippen molar-refractivity contribution < 1.29 is 8.42 Å². The summed E-state index contributed by atoms with van der Waals surface area (Å²) < 4.78 is 26.2. The molecule has 0 aliphatic rings. The quantitative estimate of drug-likeness (QED) is 0.384. The Hall–Kier alpha value is -2.61. The Morgan fingerprint density at radius 3 is 2.00 bits per heavy atom. The summed E-state index contributed by atoms with van der Waals surface area (Å²) in [6.07, 6.45) is 1.16. The van der Waals surface area contributed by atoms with Crippen LogP contribution in [0.3, 0.4) is 0 Å². The fraction of sp³-hybridized carbons (Fsp3) is 0.269. The zero-order chi connectivity index (χ0) is 24.9. The third-order valence-corrected chi connectivity index (χ3v) is 6.94. The van der Waals surface area contributed by atoms with E-state index in [-0.39, 0.29) is 5.41 Å². The van der Waals surface area contributed by atoms with Gasteiger partial charge in [0, 0.05) is 13.1 Å². The number of benzene rings is 3. The molecule has 5 nitrogen and oxygen atoms in total. The molecule has 0 aromatic heterocycles. The average molecular weight is 516 g/mol. The molecule has 3 aromatic carbocycles. The molecule has 0 aliphatic carbocycles. The molecule has 3 rings (SSSR count). The van der Waals surface area contributed by atoms with Gasteiger partial charge in [-0.2, -0.15) is 0 Å². The number of hydrogen-bond acceptors (Lipinski definition) is 3. The molecule has 180 valence electrons. The third-order valence-electron chi connectivity index (χ3n) is 5.28. The van der Waals surface area contributed by atoms with Gasteiger partial charge in [0.1, 0.15) is 0 Å². The normalized spacial score (nSPS) is 11.7. The second-order valence-corrected chi connectivity index (χ2v) is 11.8. The summed E-state index contributed by atoms with van der Waals surface area (Å²) in [6, 6.07) is 22.7. The van der Waals surface area contributed by atoms with E-state index in [4.69, 9.17) is 23.8 Å². The van der Waals surface area contributed by atoms with Gasteiger partial charge in [-0.3, -0.25) is 0 Å². The summed E-state index contributed by atoms with van der Waals surface area (Å²) >= 11 is 11.9. The Morgan fingerprint density at radius 2 is 1.47 bits per heavy atom. The van der Waals surface area contributed by atoms with Gasteiger partial charge in [-0.25, -0.2) is 12.7 Å². The first-order valence-electron chi connectivity index (χ1n) is 10.9. The number of nitrogens with one attached hydrogen (secondary N) is 2. The molecule has 2 N–H and O–H groups in total. The van der Waals surface area contributed by atoms with Crippen LogP contribution in [0, 0.1) is 0 Å². The van der Waals surface area contributed by atoms with Crippen molar-refractivity contribution in [2.24, 2.45) is 0 Å². The summed E-state index contributed by atoms with van der Waals surface area (Å²) in [4.78, 5) is 0. The van der Waals surface area contributed by atoms with E-state index < -0.39 is 10.0 Å². The molecule has 0 saturated heterocycles. The number of rotatable bonds is 7. The van der Waals surface area contributed by atoms with Gasteiger partial charge in [0.15, 0.2) is 5.11 Å². The lowest BCUT2D eigenvalue weighted by atomic mass is 9.87. The van der Waals surface area contributed by atoms with Gasteiger partial charge in [0.05, 0.1) is 22.7 Å². The van der Waals surface area contributed by atoms with Gasteiger partial charge in [0.2, 0.25) is 10.0 Å². The molecular formula is C26H30ClN3O2S2. The first kappa shape index (κ1) is 26.0. The lowest BCUT2D eigenvalue weighted by Gasteiger charge is -2.24. The molecule has 0 radical (unpaired) electrons. The largest absolute Gasteiger partial charge is 0.359 e.